The predicted molar refractivity (Wildman–Crippen MR) is 251 cm³/mol. The van der Waals surface area contributed by atoms with Gasteiger partial charge in [-0.2, -0.15) is 0 Å². The van der Waals surface area contributed by atoms with Crippen molar-refractivity contribution in [3.8, 4) is 44.8 Å². The Morgan fingerprint density at radius 1 is 0.333 bits per heavy atom. The lowest BCUT2D eigenvalue weighted by Crippen LogP contribution is -2.14. The van der Waals surface area contributed by atoms with Gasteiger partial charge in [0.15, 0.2) is 0 Å². The van der Waals surface area contributed by atoms with E-state index in [0.717, 1.165) is 38.8 Å². The molecule has 0 radical (unpaired) electrons. The summed E-state index contributed by atoms with van der Waals surface area (Å²) in [6.07, 6.45) is 0. The third-order valence-electron chi connectivity index (χ3n) is 13.3. The Morgan fingerprint density at radius 3 is 1.72 bits per heavy atom. The van der Waals surface area contributed by atoms with Gasteiger partial charge < -0.3 is 13.6 Å². The van der Waals surface area contributed by atoms with Gasteiger partial charge in [-0.15, -0.1) is 0 Å². The van der Waals surface area contributed by atoms with Crippen LogP contribution < -0.4 is 0 Å². The molecule has 3 aromatic heterocycles. The highest BCUT2D eigenvalue weighted by molar-refractivity contribution is 6.18. The van der Waals surface area contributed by atoms with Gasteiger partial charge in [0, 0.05) is 55.2 Å². The monoisotopic (exact) mass is 766 g/mol. The maximum Gasteiger partial charge on any atom is 0.137 e. The molecular weight excluding hydrogens is 729 g/mol. The van der Waals surface area contributed by atoms with Crippen molar-refractivity contribution in [1.82, 2.24) is 9.13 Å². The molecule has 3 nitrogen and oxygen atoms in total. The Labute approximate surface area is 347 Å². The number of para-hydroxylation sites is 2. The van der Waals surface area contributed by atoms with Gasteiger partial charge in [-0.1, -0.05) is 129 Å². The smallest absolute Gasteiger partial charge is 0.137 e. The van der Waals surface area contributed by atoms with Crippen LogP contribution in [0, 0.1) is 0 Å². The van der Waals surface area contributed by atoms with Gasteiger partial charge in [-0.3, -0.25) is 0 Å². The summed E-state index contributed by atoms with van der Waals surface area (Å²) in [7, 11) is 0. The molecule has 12 aromatic rings. The predicted octanol–water partition coefficient (Wildman–Crippen LogP) is 15.4. The van der Waals surface area contributed by atoms with Crippen LogP contribution in [0.2, 0.25) is 0 Å². The van der Waals surface area contributed by atoms with Gasteiger partial charge in [0.25, 0.3) is 0 Å². The average molecular weight is 767 g/mol. The summed E-state index contributed by atoms with van der Waals surface area (Å²) < 4.78 is 11.4. The summed E-state index contributed by atoms with van der Waals surface area (Å²) in [4.78, 5) is 0. The minimum absolute atomic E-state index is 0.103. The number of rotatable bonds is 4. The Morgan fingerprint density at radius 2 is 0.900 bits per heavy atom. The second-order valence-corrected chi connectivity index (χ2v) is 16.9. The van der Waals surface area contributed by atoms with Crippen molar-refractivity contribution >= 4 is 65.6 Å². The molecule has 60 heavy (non-hydrogen) atoms. The van der Waals surface area contributed by atoms with Crippen LogP contribution in [0.5, 0.6) is 0 Å². The molecule has 0 unspecified atom stereocenters. The summed E-state index contributed by atoms with van der Waals surface area (Å²) in [5, 5.41) is 7.21. The normalized spacial score (nSPS) is 13.3. The van der Waals surface area contributed by atoms with Gasteiger partial charge in [-0.05, 0) is 117 Å². The minimum Gasteiger partial charge on any atom is -0.456 e. The number of fused-ring (bicyclic) bond motifs is 12. The van der Waals surface area contributed by atoms with Gasteiger partial charge in [0.2, 0.25) is 0 Å². The molecule has 0 fully saturated rings. The summed E-state index contributed by atoms with van der Waals surface area (Å²) in [6, 6.07) is 71.1. The molecule has 9 aromatic carbocycles. The Kier molecular flexibility index (Phi) is 6.78. The van der Waals surface area contributed by atoms with Crippen molar-refractivity contribution in [2.75, 3.05) is 0 Å². The SMILES string of the molecule is CC1(C)c2ccccc2-c2cc3c4cc(-c5ccc6oc7cc8c(cc7c6c5)c5ccccc5n8-c5ccccc5)ccc4n(-c4ccc(-c5ccccc5)cc4)c3cc21. The standard InChI is InChI=1S/C57H38N2O/c1-57(2)49-19-11-9-17-41(49)43-31-46-44-29-37(23-27-52(44)59(53(46)33-50(43)57)40-25-21-36(22-26-40)35-13-5-3-6-14-35)38-24-28-55-47(30-38)48-32-45-42-18-10-12-20-51(42)58(39-15-7-4-8-16-39)54(45)34-56(48)60-55/h3-34H,1-2H3. The van der Waals surface area contributed by atoms with E-state index in [1.165, 1.54) is 82.6 Å². The zero-order chi connectivity index (χ0) is 39.7. The Hall–Kier alpha value is -7.62. The second-order valence-electron chi connectivity index (χ2n) is 16.9. The number of nitrogens with zero attached hydrogens (tertiary/aromatic N) is 2. The molecule has 282 valence electrons. The van der Waals surface area contributed by atoms with Crippen LogP contribution in [-0.2, 0) is 5.41 Å². The van der Waals surface area contributed by atoms with E-state index in [2.05, 4.69) is 217 Å². The van der Waals surface area contributed by atoms with Crippen LogP contribution in [0.3, 0.4) is 0 Å². The molecule has 1 aliphatic rings. The molecule has 0 spiro atoms. The van der Waals surface area contributed by atoms with Crippen LogP contribution in [-0.4, -0.2) is 9.13 Å². The van der Waals surface area contributed by atoms with Gasteiger partial charge in [0.1, 0.15) is 11.2 Å². The van der Waals surface area contributed by atoms with E-state index in [9.17, 15) is 0 Å². The first kappa shape index (κ1) is 33.4. The van der Waals surface area contributed by atoms with Crippen LogP contribution in [0.4, 0.5) is 0 Å². The highest BCUT2D eigenvalue weighted by Crippen LogP contribution is 2.51. The van der Waals surface area contributed by atoms with Crippen molar-refractivity contribution in [1.29, 1.82) is 0 Å². The lowest BCUT2D eigenvalue weighted by atomic mass is 9.82. The first-order chi connectivity index (χ1) is 29.5. The number of benzene rings is 9. The zero-order valence-corrected chi connectivity index (χ0v) is 33.3. The van der Waals surface area contributed by atoms with Crippen molar-refractivity contribution in [2.45, 2.75) is 19.3 Å². The fraction of sp³-hybridized carbons (Fsp3) is 0.0526. The molecular formula is C57H38N2O. The lowest BCUT2D eigenvalue weighted by Gasteiger charge is -2.21. The molecule has 3 heteroatoms. The summed E-state index contributed by atoms with van der Waals surface area (Å²) >= 11 is 0. The number of hydrogen-bond acceptors (Lipinski definition) is 1. The molecule has 0 N–H and O–H groups in total. The zero-order valence-electron chi connectivity index (χ0n) is 33.3. The molecule has 0 aliphatic heterocycles. The van der Waals surface area contributed by atoms with Crippen LogP contribution in [0.25, 0.3) is 110 Å². The average Bonchev–Trinajstić information content (AvgIpc) is 3.99. The molecule has 0 saturated heterocycles. The van der Waals surface area contributed by atoms with E-state index < -0.39 is 0 Å². The second kappa shape index (κ2) is 12.2. The molecule has 3 heterocycles. The number of aromatic nitrogens is 2. The first-order valence-corrected chi connectivity index (χ1v) is 20.8. The highest BCUT2D eigenvalue weighted by Gasteiger charge is 2.36. The third-order valence-corrected chi connectivity index (χ3v) is 13.3. The maximum absolute atomic E-state index is 6.63. The van der Waals surface area contributed by atoms with Crippen molar-refractivity contribution < 1.29 is 4.42 Å². The fourth-order valence-electron chi connectivity index (χ4n) is 10.4. The van der Waals surface area contributed by atoms with E-state index in [1.807, 2.05) is 0 Å². The van der Waals surface area contributed by atoms with E-state index in [4.69, 9.17) is 4.42 Å². The van der Waals surface area contributed by atoms with Crippen LogP contribution in [0.15, 0.2) is 199 Å². The van der Waals surface area contributed by atoms with Crippen molar-refractivity contribution in [3.63, 3.8) is 0 Å². The summed E-state index contributed by atoms with van der Waals surface area (Å²) in [5.74, 6) is 0. The van der Waals surface area contributed by atoms with E-state index in [1.54, 1.807) is 0 Å². The van der Waals surface area contributed by atoms with Gasteiger partial charge in [0.05, 0.1) is 22.1 Å². The Balaban J connectivity index is 1.01. The molecule has 0 bridgehead atoms. The molecule has 0 saturated carbocycles. The van der Waals surface area contributed by atoms with Crippen molar-refractivity contribution in [3.05, 3.63) is 205 Å². The topological polar surface area (TPSA) is 23.0 Å². The molecule has 0 atom stereocenters. The molecule has 0 amide bonds. The number of hydrogen-bond donors (Lipinski definition) is 0. The van der Waals surface area contributed by atoms with Gasteiger partial charge in [-0.25, -0.2) is 0 Å². The van der Waals surface area contributed by atoms with Gasteiger partial charge >= 0.3 is 0 Å². The summed E-state index contributed by atoms with van der Waals surface area (Å²) in [6.45, 7) is 4.73. The number of furan rings is 1. The third kappa shape index (κ3) is 4.66. The maximum atomic E-state index is 6.63. The van der Waals surface area contributed by atoms with Crippen LogP contribution in [0.1, 0.15) is 25.0 Å². The first-order valence-electron chi connectivity index (χ1n) is 20.8. The molecule has 1 aliphatic carbocycles. The largest absolute Gasteiger partial charge is 0.456 e. The van der Waals surface area contributed by atoms with Crippen molar-refractivity contribution in [2.24, 2.45) is 0 Å². The minimum atomic E-state index is -0.103. The van der Waals surface area contributed by atoms with E-state index >= 15 is 0 Å². The summed E-state index contributed by atoms with van der Waals surface area (Å²) in [5.41, 5.74) is 18.9. The lowest BCUT2D eigenvalue weighted by molar-refractivity contribution is 0.661. The van der Waals surface area contributed by atoms with E-state index in [-0.39, 0.29) is 5.41 Å². The van der Waals surface area contributed by atoms with Crippen LogP contribution >= 0.6 is 0 Å². The Bertz CT molecular complexity index is 3710. The molecule has 13 rings (SSSR count). The van der Waals surface area contributed by atoms with E-state index in [0.29, 0.717) is 0 Å². The quantitative estimate of drug-likeness (QED) is 0.175. The fourth-order valence-corrected chi connectivity index (χ4v) is 10.4. The highest BCUT2D eigenvalue weighted by atomic mass is 16.3.